The van der Waals surface area contributed by atoms with Crippen LogP contribution in [0.4, 0.5) is 0 Å². The topological polar surface area (TPSA) is 46.2 Å². The first-order chi connectivity index (χ1) is 12.0. The van der Waals surface area contributed by atoms with Crippen molar-refractivity contribution < 1.29 is 9.59 Å². The highest BCUT2D eigenvalue weighted by Gasteiger charge is 2.12. The summed E-state index contributed by atoms with van der Waals surface area (Å²) in [4.78, 5) is 24.7. The van der Waals surface area contributed by atoms with Gasteiger partial charge >= 0.3 is 0 Å². The summed E-state index contributed by atoms with van der Waals surface area (Å²) in [7, 11) is 0. The molecular formula is C22H27NO2. The minimum atomic E-state index is -0.0873. The number of hydrogen-bond donors (Lipinski definition) is 1. The molecule has 0 spiro atoms. The molecule has 1 unspecified atom stereocenters. The van der Waals surface area contributed by atoms with E-state index in [0.717, 1.165) is 12.8 Å². The van der Waals surface area contributed by atoms with Crippen LogP contribution in [0.2, 0.25) is 0 Å². The van der Waals surface area contributed by atoms with E-state index in [-0.39, 0.29) is 17.7 Å². The van der Waals surface area contributed by atoms with Gasteiger partial charge in [-0.3, -0.25) is 9.59 Å². The highest BCUT2D eigenvalue weighted by molar-refractivity contribution is 6.09. The summed E-state index contributed by atoms with van der Waals surface area (Å²) in [6.45, 7) is 6.45. The van der Waals surface area contributed by atoms with Gasteiger partial charge in [0, 0.05) is 22.7 Å². The summed E-state index contributed by atoms with van der Waals surface area (Å²) in [5, 5.41) is 3.03. The predicted molar refractivity (Wildman–Crippen MR) is 102 cm³/mol. The quantitative estimate of drug-likeness (QED) is 0.699. The monoisotopic (exact) mass is 337 g/mol. The van der Waals surface area contributed by atoms with E-state index in [4.69, 9.17) is 0 Å². The molecule has 25 heavy (non-hydrogen) atoms. The molecule has 3 heteroatoms. The van der Waals surface area contributed by atoms with E-state index in [9.17, 15) is 9.59 Å². The second kappa shape index (κ2) is 9.16. The molecule has 0 fully saturated rings. The summed E-state index contributed by atoms with van der Waals surface area (Å²) >= 11 is 0. The van der Waals surface area contributed by atoms with Crippen molar-refractivity contribution in [2.45, 2.75) is 46.1 Å². The van der Waals surface area contributed by atoms with Crippen LogP contribution in [0.15, 0.2) is 54.6 Å². The summed E-state index contributed by atoms with van der Waals surface area (Å²) < 4.78 is 0. The van der Waals surface area contributed by atoms with Crippen LogP contribution >= 0.6 is 0 Å². The average molecular weight is 337 g/mol. The Hall–Kier alpha value is -2.42. The number of amides is 1. The molecule has 1 amide bonds. The van der Waals surface area contributed by atoms with Gasteiger partial charge in [0.25, 0.3) is 5.91 Å². The van der Waals surface area contributed by atoms with E-state index in [1.165, 1.54) is 6.42 Å². The Bertz CT molecular complexity index is 690. The van der Waals surface area contributed by atoms with Crippen LogP contribution in [0.25, 0.3) is 0 Å². The molecule has 0 heterocycles. The molecule has 2 rings (SSSR count). The van der Waals surface area contributed by atoms with Gasteiger partial charge < -0.3 is 5.32 Å². The third kappa shape index (κ3) is 5.86. The van der Waals surface area contributed by atoms with Crippen molar-refractivity contribution in [1.29, 1.82) is 0 Å². The smallest absolute Gasteiger partial charge is 0.251 e. The van der Waals surface area contributed by atoms with E-state index in [2.05, 4.69) is 19.2 Å². The number of rotatable bonds is 8. The fourth-order valence-corrected chi connectivity index (χ4v) is 2.74. The fraction of sp³-hybridized carbons (Fsp3) is 0.364. The minimum absolute atomic E-state index is 0.0328. The van der Waals surface area contributed by atoms with Crippen molar-refractivity contribution in [2.24, 2.45) is 5.92 Å². The number of carbonyl (C=O) groups is 2. The van der Waals surface area contributed by atoms with Crippen LogP contribution in [-0.4, -0.2) is 17.7 Å². The van der Waals surface area contributed by atoms with Crippen LogP contribution in [-0.2, 0) is 0 Å². The van der Waals surface area contributed by atoms with Crippen LogP contribution in [0.3, 0.4) is 0 Å². The molecule has 0 radical (unpaired) electrons. The minimum Gasteiger partial charge on any atom is -0.350 e. The molecule has 0 aliphatic heterocycles. The standard InChI is InChI=1S/C22H27NO2/c1-16(2)8-7-9-17(3)23-22(25)20-14-12-19(13-15-20)21(24)18-10-5-4-6-11-18/h4-6,10-17H,7-9H2,1-3H3,(H,23,25). The Labute approximate surface area is 150 Å². The molecule has 2 aromatic carbocycles. The lowest BCUT2D eigenvalue weighted by Gasteiger charge is -2.14. The fourth-order valence-electron chi connectivity index (χ4n) is 2.74. The first-order valence-electron chi connectivity index (χ1n) is 8.98. The first-order valence-corrected chi connectivity index (χ1v) is 8.98. The normalized spacial score (nSPS) is 12.0. The molecule has 0 aliphatic carbocycles. The summed E-state index contributed by atoms with van der Waals surface area (Å²) in [6.07, 6.45) is 3.27. The van der Waals surface area contributed by atoms with Crippen LogP contribution in [0.1, 0.15) is 66.3 Å². The molecule has 1 atom stereocenters. The number of ketones is 1. The molecule has 0 bridgehead atoms. The maximum absolute atomic E-state index is 12.4. The van der Waals surface area contributed by atoms with Gasteiger partial charge in [0.1, 0.15) is 0 Å². The largest absolute Gasteiger partial charge is 0.350 e. The zero-order chi connectivity index (χ0) is 18.2. The molecule has 0 saturated heterocycles. The molecule has 132 valence electrons. The number of hydrogen-bond acceptors (Lipinski definition) is 2. The second-order valence-electron chi connectivity index (χ2n) is 6.97. The van der Waals surface area contributed by atoms with Gasteiger partial charge in [-0.25, -0.2) is 0 Å². The highest BCUT2D eigenvalue weighted by atomic mass is 16.1. The predicted octanol–water partition coefficient (Wildman–Crippen LogP) is 4.86. The molecule has 1 N–H and O–H groups in total. The van der Waals surface area contributed by atoms with Crippen molar-refractivity contribution in [3.63, 3.8) is 0 Å². The van der Waals surface area contributed by atoms with Crippen LogP contribution in [0.5, 0.6) is 0 Å². The molecular weight excluding hydrogens is 310 g/mol. The zero-order valence-electron chi connectivity index (χ0n) is 15.3. The Morgan fingerprint density at radius 1 is 0.800 bits per heavy atom. The van der Waals surface area contributed by atoms with Gasteiger partial charge in [0.2, 0.25) is 0 Å². The van der Waals surface area contributed by atoms with Gasteiger partial charge in [0.15, 0.2) is 5.78 Å². The van der Waals surface area contributed by atoms with Crippen LogP contribution < -0.4 is 5.32 Å². The number of benzene rings is 2. The van der Waals surface area contributed by atoms with Crippen LogP contribution in [0, 0.1) is 5.92 Å². The van der Waals surface area contributed by atoms with Gasteiger partial charge in [-0.2, -0.15) is 0 Å². The van der Waals surface area contributed by atoms with Gasteiger partial charge in [-0.1, -0.05) is 69.2 Å². The maximum Gasteiger partial charge on any atom is 0.251 e. The third-order valence-corrected chi connectivity index (χ3v) is 4.24. The van der Waals surface area contributed by atoms with Gasteiger partial charge in [-0.15, -0.1) is 0 Å². The number of nitrogens with one attached hydrogen (secondary N) is 1. The van der Waals surface area contributed by atoms with Gasteiger partial charge in [-0.05, 0) is 31.4 Å². The van der Waals surface area contributed by atoms with E-state index in [1.54, 1.807) is 36.4 Å². The first kappa shape index (κ1) is 18.9. The Kier molecular flexibility index (Phi) is 6.93. The lowest BCUT2D eigenvalue weighted by atomic mass is 10.0. The molecule has 2 aromatic rings. The Balaban J connectivity index is 1.93. The second-order valence-corrected chi connectivity index (χ2v) is 6.97. The molecule has 3 nitrogen and oxygen atoms in total. The van der Waals surface area contributed by atoms with Crippen molar-refractivity contribution in [1.82, 2.24) is 5.32 Å². The van der Waals surface area contributed by atoms with E-state index in [0.29, 0.717) is 22.6 Å². The SMILES string of the molecule is CC(C)CCCC(C)NC(=O)c1ccc(C(=O)c2ccccc2)cc1. The molecule has 0 aromatic heterocycles. The van der Waals surface area contributed by atoms with Gasteiger partial charge in [0.05, 0.1) is 0 Å². The highest BCUT2D eigenvalue weighted by Crippen LogP contribution is 2.12. The molecule has 0 aliphatic rings. The maximum atomic E-state index is 12.4. The zero-order valence-corrected chi connectivity index (χ0v) is 15.3. The summed E-state index contributed by atoms with van der Waals surface area (Å²) in [5.41, 5.74) is 1.83. The Morgan fingerprint density at radius 2 is 1.36 bits per heavy atom. The van der Waals surface area contributed by atoms with E-state index in [1.807, 2.05) is 25.1 Å². The lowest BCUT2D eigenvalue weighted by molar-refractivity contribution is 0.0936. The summed E-state index contributed by atoms with van der Waals surface area (Å²) in [6, 6.07) is 16.2. The average Bonchev–Trinajstić information content (AvgIpc) is 2.61. The van der Waals surface area contributed by atoms with E-state index >= 15 is 0 Å². The van der Waals surface area contributed by atoms with Crippen molar-refractivity contribution in [3.05, 3.63) is 71.3 Å². The Morgan fingerprint density at radius 3 is 1.96 bits per heavy atom. The molecule has 0 saturated carbocycles. The third-order valence-electron chi connectivity index (χ3n) is 4.24. The van der Waals surface area contributed by atoms with Crippen molar-refractivity contribution >= 4 is 11.7 Å². The summed E-state index contributed by atoms with van der Waals surface area (Å²) in [5.74, 6) is 0.572. The van der Waals surface area contributed by atoms with Crippen molar-refractivity contribution in [2.75, 3.05) is 0 Å². The van der Waals surface area contributed by atoms with Crippen molar-refractivity contribution in [3.8, 4) is 0 Å². The number of carbonyl (C=O) groups excluding carboxylic acids is 2. The van der Waals surface area contributed by atoms with E-state index < -0.39 is 0 Å². The lowest BCUT2D eigenvalue weighted by Crippen LogP contribution is -2.32.